The van der Waals surface area contributed by atoms with Crippen molar-refractivity contribution in [3.05, 3.63) is 66.0 Å². The van der Waals surface area contributed by atoms with Gasteiger partial charge < -0.3 is 24.7 Å². The highest BCUT2D eigenvalue weighted by Crippen LogP contribution is 2.27. The number of ether oxygens (including phenoxy) is 1. The molecule has 1 aromatic heterocycles. The maximum Gasteiger partial charge on any atom is 0.407 e. The third-order valence-corrected chi connectivity index (χ3v) is 5.87. The number of nitrogens with zero attached hydrogens (tertiary/aromatic N) is 4. The van der Waals surface area contributed by atoms with E-state index in [1.165, 1.54) is 9.80 Å². The lowest BCUT2D eigenvalue weighted by atomic mass is 10.1. The molecule has 0 aliphatic carbocycles. The second-order valence-electron chi connectivity index (χ2n) is 8.18. The molecule has 34 heavy (non-hydrogen) atoms. The van der Waals surface area contributed by atoms with Crippen LogP contribution >= 0.6 is 0 Å². The van der Waals surface area contributed by atoms with E-state index in [4.69, 9.17) is 4.74 Å². The molecule has 0 radical (unpaired) electrons. The molecule has 4 rings (SSSR count). The Morgan fingerprint density at radius 2 is 1.91 bits per heavy atom. The van der Waals surface area contributed by atoms with Crippen molar-refractivity contribution in [3.63, 3.8) is 0 Å². The van der Waals surface area contributed by atoms with Crippen LogP contribution in [0.15, 0.2) is 54.7 Å². The van der Waals surface area contributed by atoms with Crippen LogP contribution in [0.2, 0.25) is 0 Å². The van der Waals surface area contributed by atoms with E-state index in [2.05, 4.69) is 4.98 Å². The summed E-state index contributed by atoms with van der Waals surface area (Å²) < 4.78 is 7.50. The molecule has 1 fully saturated rings. The molecule has 9 heteroatoms. The Morgan fingerprint density at radius 1 is 1.15 bits per heavy atom. The van der Waals surface area contributed by atoms with Crippen molar-refractivity contribution in [1.29, 1.82) is 0 Å². The van der Waals surface area contributed by atoms with Crippen molar-refractivity contribution in [1.82, 2.24) is 19.4 Å². The normalized spacial score (nSPS) is 15.9. The van der Waals surface area contributed by atoms with Gasteiger partial charge in [-0.15, -0.1) is 0 Å². The predicted octanol–water partition coefficient (Wildman–Crippen LogP) is 3.04. The molecule has 0 bridgehead atoms. The van der Waals surface area contributed by atoms with Gasteiger partial charge in [0.25, 0.3) is 5.91 Å². The summed E-state index contributed by atoms with van der Waals surface area (Å²) in [4.78, 5) is 32.2. The average molecular weight is 465 g/mol. The van der Waals surface area contributed by atoms with Crippen LogP contribution < -0.4 is 4.74 Å². The zero-order chi connectivity index (χ0) is 24.2. The molecular weight excluding hydrogens is 436 g/mol. The lowest BCUT2D eigenvalue weighted by Gasteiger charge is -2.39. The average Bonchev–Trinajstić information content (AvgIpc) is 3.29. The first kappa shape index (κ1) is 23.3. The lowest BCUT2D eigenvalue weighted by Crippen LogP contribution is -2.57. The zero-order valence-corrected chi connectivity index (χ0v) is 19.2. The van der Waals surface area contributed by atoms with Gasteiger partial charge in [-0.3, -0.25) is 9.36 Å². The Labute approximate surface area is 197 Å². The van der Waals surface area contributed by atoms with Crippen molar-refractivity contribution in [2.45, 2.75) is 19.9 Å². The maximum absolute atomic E-state index is 13.4. The number of imidazole rings is 1. The number of amides is 2. The minimum atomic E-state index is -1.06. The van der Waals surface area contributed by atoms with E-state index in [-0.39, 0.29) is 37.8 Å². The van der Waals surface area contributed by atoms with Crippen LogP contribution in [0.4, 0.5) is 4.79 Å². The molecule has 178 valence electrons. The molecule has 3 aromatic rings. The van der Waals surface area contributed by atoms with E-state index < -0.39 is 12.1 Å². The summed E-state index contributed by atoms with van der Waals surface area (Å²) in [5, 5.41) is 19.1. The van der Waals surface area contributed by atoms with Crippen LogP contribution in [0.25, 0.3) is 17.1 Å². The van der Waals surface area contributed by atoms with E-state index >= 15 is 0 Å². The number of carbonyl (C=O) groups is 2. The van der Waals surface area contributed by atoms with Crippen LogP contribution in [-0.4, -0.2) is 80.5 Å². The van der Waals surface area contributed by atoms with Gasteiger partial charge in [0.05, 0.1) is 24.9 Å². The number of aryl methyl sites for hydroxylation is 1. The van der Waals surface area contributed by atoms with E-state index in [0.717, 1.165) is 16.8 Å². The smallest absolute Gasteiger partial charge is 0.407 e. The van der Waals surface area contributed by atoms with Crippen LogP contribution in [-0.2, 0) is 0 Å². The lowest BCUT2D eigenvalue weighted by molar-refractivity contribution is 0.0306. The van der Waals surface area contributed by atoms with Crippen molar-refractivity contribution < 1.29 is 24.5 Å². The number of rotatable bonds is 6. The maximum atomic E-state index is 13.4. The highest BCUT2D eigenvalue weighted by atomic mass is 16.5. The molecular formula is C25H28N4O5. The highest BCUT2D eigenvalue weighted by molar-refractivity contribution is 5.93. The van der Waals surface area contributed by atoms with Gasteiger partial charge >= 0.3 is 6.09 Å². The SMILES string of the molecule is CCOc1cccc(-n2cc(C(=O)N3CCN(C(=O)O)C[C@@H]3CO)nc2-c2ccc(C)cc2)c1. The second-order valence-corrected chi connectivity index (χ2v) is 8.18. The predicted molar refractivity (Wildman–Crippen MR) is 126 cm³/mol. The van der Waals surface area contributed by atoms with Gasteiger partial charge in [-0.1, -0.05) is 35.9 Å². The number of benzene rings is 2. The van der Waals surface area contributed by atoms with Gasteiger partial charge in [0.2, 0.25) is 0 Å². The minimum absolute atomic E-state index is 0.0551. The summed E-state index contributed by atoms with van der Waals surface area (Å²) >= 11 is 0. The number of carboxylic acid groups (broad SMARTS) is 1. The second kappa shape index (κ2) is 9.96. The summed E-state index contributed by atoms with van der Waals surface area (Å²) in [5.74, 6) is 0.959. The number of piperazine rings is 1. The van der Waals surface area contributed by atoms with Gasteiger partial charge in [-0.2, -0.15) is 0 Å². The fraction of sp³-hybridized carbons (Fsp3) is 0.320. The number of aliphatic hydroxyl groups excluding tert-OH is 1. The standard InChI is InChI=1S/C25H28N4O5/c1-3-34-21-6-4-5-19(13-21)29-15-22(26-23(29)18-9-7-17(2)8-10-18)24(31)28-12-11-27(25(32)33)14-20(28)16-30/h4-10,13,15,20,30H,3,11-12,14,16H2,1-2H3,(H,32,33)/t20-/m1/s1. The van der Waals surface area contributed by atoms with Gasteiger partial charge in [0, 0.05) is 37.5 Å². The molecule has 2 N–H and O–H groups in total. The Bertz CT molecular complexity index is 1170. The van der Waals surface area contributed by atoms with E-state index in [0.29, 0.717) is 18.2 Å². The summed E-state index contributed by atoms with van der Waals surface area (Å²) in [6, 6.07) is 14.8. The van der Waals surface area contributed by atoms with Gasteiger partial charge in [-0.25, -0.2) is 9.78 Å². The molecule has 2 amide bonds. The molecule has 2 heterocycles. The third-order valence-electron chi connectivity index (χ3n) is 5.87. The zero-order valence-electron chi connectivity index (χ0n) is 19.2. The first-order valence-electron chi connectivity index (χ1n) is 11.2. The number of aromatic nitrogens is 2. The molecule has 0 unspecified atom stereocenters. The number of aliphatic hydroxyl groups is 1. The first-order valence-corrected chi connectivity index (χ1v) is 11.2. The highest BCUT2D eigenvalue weighted by Gasteiger charge is 2.34. The largest absolute Gasteiger partial charge is 0.494 e. The van der Waals surface area contributed by atoms with E-state index in [1.54, 1.807) is 6.20 Å². The minimum Gasteiger partial charge on any atom is -0.494 e. The van der Waals surface area contributed by atoms with Crippen molar-refractivity contribution in [3.8, 4) is 22.8 Å². The van der Waals surface area contributed by atoms with Gasteiger partial charge in [-0.05, 0) is 26.0 Å². The molecule has 1 aliphatic rings. The Kier molecular flexibility index (Phi) is 6.83. The summed E-state index contributed by atoms with van der Waals surface area (Å²) in [6.07, 6.45) is 0.617. The molecule has 1 aliphatic heterocycles. The Morgan fingerprint density at radius 3 is 2.59 bits per heavy atom. The fourth-order valence-electron chi connectivity index (χ4n) is 4.08. The first-order chi connectivity index (χ1) is 16.4. The van der Waals surface area contributed by atoms with Crippen molar-refractivity contribution >= 4 is 12.0 Å². The molecule has 0 saturated carbocycles. The summed E-state index contributed by atoms with van der Waals surface area (Å²) in [5.41, 5.74) is 2.97. The van der Waals surface area contributed by atoms with Crippen LogP contribution in [0.1, 0.15) is 23.0 Å². The Hall–Kier alpha value is -3.85. The molecule has 0 spiro atoms. The number of carbonyl (C=O) groups excluding carboxylic acids is 1. The molecule has 1 atom stereocenters. The van der Waals surface area contributed by atoms with Crippen molar-refractivity contribution in [2.24, 2.45) is 0 Å². The van der Waals surface area contributed by atoms with Gasteiger partial charge in [0.1, 0.15) is 17.3 Å². The third kappa shape index (κ3) is 4.74. The van der Waals surface area contributed by atoms with Crippen LogP contribution in [0.5, 0.6) is 5.75 Å². The number of hydrogen-bond donors (Lipinski definition) is 2. The van der Waals surface area contributed by atoms with Crippen molar-refractivity contribution in [2.75, 3.05) is 32.8 Å². The van der Waals surface area contributed by atoms with Gasteiger partial charge in [0.15, 0.2) is 0 Å². The van der Waals surface area contributed by atoms with Crippen LogP contribution in [0.3, 0.4) is 0 Å². The monoisotopic (exact) mass is 464 g/mol. The number of hydrogen-bond acceptors (Lipinski definition) is 5. The summed E-state index contributed by atoms with van der Waals surface area (Å²) in [7, 11) is 0. The quantitative estimate of drug-likeness (QED) is 0.581. The van der Waals surface area contributed by atoms with E-state index in [9.17, 15) is 19.8 Å². The summed E-state index contributed by atoms with van der Waals surface area (Å²) in [6.45, 7) is 4.54. The van der Waals surface area contributed by atoms with Crippen LogP contribution in [0, 0.1) is 6.92 Å². The molecule has 2 aromatic carbocycles. The van der Waals surface area contributed by atoms with E-state index in [1.807, 2.05) is 66.9 Å². The fourth-order valence-corrected chi connectivity index (χ4v) is 4.08. The molecule has 9 nitrogen and oxygen atoms in total. The molecule has 1 saturated heterocycles. The topological polar surface area (TPSA) is 108 Å². The Balaban J connectivity index is 1.73.